The van der Waals surface area contributed by atoms with Gasteiger partial charge < -0.3 is 10.1 Å². The van der Waals surface area contributed by atoms with E-state index in [0.717, 1.165) is 37.2 Å². The summed E-state index contributed by atoms with van der Waals surface area (Å²) >= 11 is 5.98. The van der Waals surface area contributed by atoms with Gasteiger partial charge in [0, 0.05) is 23.9 Å². The highest BCUT2D eigenvalue weighted by molar-refractivity contribution is 6.31. The normalized spacial score (nSPS) is 18.5. The smallest absolute Gasteiger partial charge is 0.238 e. The molecule has 22 heavy (non-hydrogen) atoms. The molecule has 1 saturated heterocycles. The Bertz CT molecular complexity index is 501. The number of hydrogen-bond acceptors (Lipinski definition) is 3. The summed E-state index contributed by atoms with van der Waals surface area (Å²) in [6, 6.07) is 5.51. The van der Waals surface area contributed by atoms with E-state index in [1.807, 2.05) is 31.0 Å². The Morgan fingerprint density at radius 3 is 2.95 bits per heavy atom. The number of anilines is 1. The lowest BCUT2D eigenvalue weighted by molar-refractivity contribution is -0.117. The van der Waals surface area contributed by atoms with Gasteiger partial charge >= 0.3 is 0 Å². The summed E-state index contributed by atoms with van der Waals surface area (Å²) in [7, 11) is 1.97. The van der Waals surface area contributed by atoms with E-state index in [0.29, 0.717) is 17.7 Å². The Labute approximate surface area is 137 Å². The van der Waals surface area contributed by atoms with Crippen molar-refractivity contribution in [2.75, 3.05) is 32.1 Å². The molecule has 1 N–H and O–H groups in total. The first-order valence-corrected chi connectivity index (χ1v) is 8.28. The zero-order valence-corrected chi connectivity index (χ0v) is 14.2. The number of nitrogens with one attached hydrogen (secondary N) is 1. The van der Waals surface area contributed by atoms with Crippen LogP contribution >= 0.6 is 11.6 Å². The molecule has 1 aliphatic heterocycles. The van der Waals surface area contributed by atoms with E-state index < -0.39 is 0 Å². The minimum Gasteiger partial charge on any atom is -0.378 e. The molecule has 122 valence electrons. The molecule has 2 rings (SSSR count). The van der Waals surface area contributed by atoms with Gasteiger partial charge in [0.15, 0.2) is 0 Å². The summed E-state index contributed by atoms with van der Waals surface area (Å²) in [4.78, 5) is 14.1. The maximum absolute atomic E-state index is 12.1. The van der Waals surface area contributed by atoms with Crippen molar-refractivity contribution in [1.29, 1.82) is 0 Å². The Balaban J connectivity index is 1.72. The van der Waals surface area contributed by atoms with Crippen LogP contribution < -0.4 is 5.32 Å². The number of ether oxygens (including phenoxy) is 1. The molecule has 0 spiro atoms. The number of nitrogens with zero attached hydrogens (tertiary/aromatic N) is 1. The van der Waals surface area contributed by atoms with Crippen molar-refractivity contribution in [3.8, 4) is 0 Å². The summed E-state index contributed by atoms with van der Waals surface area (Å²) in [5.41, 5.74) is 1.75. The van der Waals surface area contributed by atoms with E-state index in [-0.39, 0.29) is 5.91 Å². The summed E-state index contributed by atoms with van der Waals surface area (Å²) < 4.78 is 5.71. The molecule has 0 unspecified atom stereocenters. The van der Waals surface area contributed by atoms with Gasteiger partial charge in [0.05, 0.1) is 12.6 Å². The van der Waals surface area contributed by atoms with Gasteiger partial charge in [0.2, 0.25) is 5.91 Å². The molecule has 1 amide bonds. The lowest BCUT2D eigenvalue weighted by Gasteiger charge is -2.25. The number of halogens is 1. The van der Waals surface area contributed by atoms with Crippen LogP contribution in [0.4, 0.5) is 5.69 Å². The molecular formula is C17H25ClN2O2. The fourth-order valence-corrected chi connectivity index (χ4v) is 2.76. The van der Waals surface area contributed by atoms with Gasteiger partial charge in [-0.1, -0.05) is 11.6 Å². The van der Waals surface area contributed by atoms with Crippen molar-refractivity contribution in [1.82, 2.24) is 4.90 Å². The second kappa shape index (κ2) is 8.51. The standard InChI is InChI=1S/C17H25ClN2O2/c1-13-11-14(6-7-16(13)18)19-17(21)12-20(2)9-8-15-5-3-4-10-22-15/h6-7,11,15H,3-5,8-10,12H2,1-2H3,(H,19,21)/t15-/m0/s1. The molecule has 0 bridgehead atoms. The molecule has 1 aromatic carbocycles. The van der Waals surface area contributed by atoms with Crippen LogP contribution in [0, 0.1) is 6.92 Å². The number of hydrogen-bond donors (Lipinski definition) is 1. The molecule has 1 aliphatic rings. The first-order chi connectivity index (χ1) is 10.5. The molecule has 0 radical (unpaired) electrons. The van der Waals surface area contributed by atoms with Crippen molar-refractivity contribution in [2.24, 2.45) is 0 Å². The minimum atomic E-state index is -0.00575. The molecule has 4 nitrogen and oxygen atoms in total. The minimum absolute atomic E-state index is 0.00575. The van der Waals surface area contributed by atoms with Gasteiger partial charge in [-0.25, -0.2) is 0 Å². The molecule has 0 aliphatic carbocycles. The first kappa shape index (κ1) is 17.3. The van der Waals surface area contributed by atoms with Gasteiger partial charge in [0.25, 0.3) is 0 Å². The van der Waals surface area contributed by atoms with Gasteiger partial charge in [0.1, 0.15) is 0 Å². The quantitative estimate of drug-likeness (QED) is 0.871. The number of carbonyl (C=O) groups excluding carboxylic acids is 1. The molecule has 5 heteroatoms. The molecule has 0 aromatic heterocycles. The number of likely N-dealkylation sites (N-methyl/N-ethyl adjacent to an activating group) is 1. The van der Waals surface area contributed by atoms with E-state index in [1.165, 1.54) is 12.8 Å². The van der Waals surface area contributed by atoms with Crippen molar-refractivity contribution in [3.05, 3.63) is 28.8 Å². The van der Waals surface area contributed by atoms with Crippen molar-refractivity contribution < 1.29 is 9.53 Å². The third-order valence-electron chi connectivity index (χ3n) is 3.96. The van der Waals surface area contributed by atoms with E-state index >= 15 is 0 Å². The van der Waals surface area contributed by atoms with Crippen LogP contribution in [0.3, 0.4) is 0 Å². The second-order valence-electron chi connectivity index (χ2n) is 6.03. The van der Waals surface area contributed by atoms with Crippen LogP contribution in [0.25, 0.3) is 0 Å². The Morgan fingerprint density at radius 2 is 2.27 bits per heavy atom. The number of carbonyl (C=O) groups is 1. The van der Waals surface area contributed by atoms with E-state index in [9.17, 15) is 4.79 Å². The molecule has 0 saturated carbocycles. The van der Waals surface area contributed by atoms with Crippen LogP contribution in [0.2, 0.25) is 5.02 Å². The van der Waals surface area contributed by atoms with Crippen LogP contribution in [0.15, 0.2) is 18.2 Å². The third kappa shape index (κ3) is 5.59. The molecule has 1 heterocycles. The van der Waals surface area contributed by atoms with Crippen molar-refractivity contribution in [3.63, 3.8) is 0 Å². The lowest BCUT2D eigenvalue weighted by atomic mass is 10.1. The average molecular weight is 325 g/mol. The monoisotopic (exact) mass is 324 g/mol. The van der Waals surface area contributed by atoms with Crippen LogP contribution in [0.5, 0.6) is 0 Å². The maximum Gasteiger partial charge on any atom is 0.238 e. The van der Waals surface area contributed by atoms with Gasteiger partial charge in [-0.15, -0.1) is 0 Å². The largest absolute Gasteiger partial charge is 0.378 e. The second-order valence-corrected chi connectivity index (χ2v) is 6.43. The Morgan fingerprint density at radius 1 is 1.45 bits per heavy atom. The third-order valence-corrected chi connectivity index (χ3v) is 4.39. The van der Waals surface area contributed by atoms with E-state index in [1.54, 1.807) is 6.07 Å². The molecule has 1 fully saturated rings. The van der Waals surface area contributed by atoms with Crippen LogP contribution in [-0.2, 0) is 9.53 Å². The first-order valence-electron chi connectivity index (χ1n) is 7.91. The zero-order valence-electron chi connectivity index (χ0n) is 13.4. The Kier molecular flexibility index (Phi) is 6.68. The Hall–Kier alpha value is -1.10. The van der Waals surface area contributed by atoms with Crippen molar-refractivity contribution in [2.45, 2.75) is 38.7 Å². The SMILES string of the molecule is Cc1cc(NC(=O)CN(C)CC[C@@H]2CCCCO2)ccc1Cl. The number of amides is 1. The zero-order chi connectivity index (χ0) is 15.9. The van der Waals surface area contributed by atoms with Crippen LogP contribution in [0.1, 0.15) is 31.2 Å². The van der Waals surface area contributed by atoms with Gasteiger partial charge in [-0.05, 0) is 63.4 Å². The maximum atomic E-state index is 12.1. The average Bonchev–Trinajstić information content (AvgIpc) is 2.50. The van der Waals surface area contributed by atoms with E-state index in [2.05, 4.69) is 5.32 Å². The lowest BCUT2D eigenvalue weighted by Crippen LogP contribution is -2.33. The fraction of sp³-hybridized carbons (Fsp3) is 0.588. The highest BCUT2D eigenvalue weighted by Crippen LogP contribution is 2.19. The number of benzene rings is 1. The van der Waals surface area contributed by atoms with Gasteiger partial charge in [-0.2, -0.15) is 0 Å². The molecular weight excluding hydrogens is 300 g/mol. The summed E-state index contributed by atoms with van der Waals surface area (Å²) in [6.45, 7) is 4.06. The van der Waals surface area contributed by atoms with Crippen molar-refractivity contribution >= 4 is 23.2 Å². The number of aryl methyl sites for hydroxylation is 1. The summed E-state index contributed by atoms with van der Waals surface area (Å²) in [6.07, 6.45) is 4.92. The molecule has 1 atom stereocenters. The fourth-order valence-electron chi connectivity index (χ4n) is 2.65. The predicted octanol–water partition coefficient (Wildman–Crippen LogP) is 3.48. The highest BCUT2D eigenvalue weighted by Gasteiger charge is 2.15. The van der Waals surface area contributed by atoms with Gasteiger partial charge in [-0.3, -0.25) is 9.69 Å². The topological polar surface area (TPSA) is 41.6 Å². The summed E-state index contributed by atoms with van der Waals surface area (Å²) in [5.74, 6) is -0.00575. The molecule has 1 aromatic rings. The summed E-state index contributed by atoms with van der Waals surface area (Å²) in [5, 5.41) is 3.62. The predicted molar refractivity (Wildman–Crippen MR) is 90.5 cm³/mol. The van der Waals surface area contributed by atoms with Crippen LogP contribution in [-0.4, -0.2) is 43.7 Å². The number of rotatable bonds is 6. The van der Waals surface area contributed by atoms with E-state index in [4.69, 9.17) is 16.3 Å². The highest BCUT2D eigenvalue weighted by atomic mass is 35.5.